The standard InChI is InChI=1S/C31H36F2N4O5S/c1-30(2,3)41-28(39)35-20-12-8-7-11-19(20)34-26-24(33)17-15-37(29(40)42-31(4,5)6)27(38)23(17)25(36-26)22-14-16-18(32)10-9-13-21(16)43-22/h9-10,13-14,19-20H,7-8,11-12,15H2,1-6H3,(H,34,36)(H,35,39)/t19-,20+/m1/s1. The van der Waals surface area contributed by atoms with Gasteiger partial charge in [0.05, 0.1) is 28.7 Å². The smallest absolute Gasteiger partial charge is 0.417 e. The Morgan fingerprint density at radius 3 is 2.35 bits per heavy atom. The lowest BCUT2D eigenvalue weighted by Gasteiger charge is -2.34. The number of carbonyl (C=O) groups excluding carboxylic acids is 3. The average molecular weight is 615 g/mol. The average Bonchev–Trinajstić information content (AvgIpc) is 3.48. The number of rotatable bonds is 4. The zero-order chi connectivity index (χ0) is 31.3. The van der Waals surface area contributed by atoms with Gasteiger partial charge in [0.2, 0.25) is 0 Å². The van der Waals surface area contributed by atoms with Crippen molar-refractivity contribution in [3.63, 3.8) is 0 Å². The lowest BCUT2D eigenvalue weighted by atomic mass is 9.90. The predicted molar refractivity (Wildman–Crippen MR) is 160 cm³/mol. The molecule has 0 saturated heterocycles. The highest BCUT2D eigenvalue weighted by atomic mass is 32.1. The largest absolute Gasteiger partial charge is 0.444 e. The fourth-order valence-electron chi connectivity index (χ4n) is 5.35. The van der Waals surface area contributed by atoms with Gasteiger partial charge in [-0.1, -0.05) is 18.9 Å². The number of nitrogens with zero attached hydrogens (tertiary/aromatic N) is 2. The molecule has 1 aliphatic heterocycles. The Hall–Kier alpha value is -3.80. The minimum atomic E-state index is -0.898. The Labute approximate surface area is 252 Å². The maximum atomic E-state index is 16.2. The number of halogens is 2. The summed E-state index contributed by atoms with van der Waals surface area (Å²) in [6.07, 6.45) is 1.54. The number of hydrogen-bond acceptors (Lipinski definition) is 8. The molecule has 5 rings (SSSR count). The highest BCUT2D eigenvalue weighted by Crippen LogP contribution is 2.41. The summed E-state index contributed by atoms with van der Waals surface area (Å²) in [5.74, 6) is -2.06. The normalized spacial score (nSPS) is 18.9. The number of pyridine rings is 1. The van der Waals surface area contributed by atoms with E-state index in [-0.39, 0.29) is 41.3 Å². The van der Waals surface area contributed by atoms with Crippen molar-refractivity contribution in [2.45, 2.75) is 97.1 Å². The van der Waals surface area contributed by atoms with Crippen LogP contribution in [0.15, 0.2) is 24.3 Å². The van der Waals surface area contributed by atoms with E-state index < -0.39 is 40.9 Å². The summed E-state index contributed by atoms with van der Waals surface area (Å²) in [6, 6.07) is 5.51. The van der Waals surface area contributed by atoms with Gasteiger partial charge in [0.1, 0.15) is 17.0 Å². The lowest BCUT2D eigenvalue weighted by Crippen LogP contribution is -2.50. The quantitative estimate of drug-likeness (QED) is 0.316. The van der Waals surface area contributed by atoms with Crippen LogP contribution in [0.2, 0.25) is 0 Å². The van der Waals surface area contributed by atoms with Gasteiger partial charge in [-0.05, 0) is 72.6 Å². The second-order valence-corrected chi connectivity index (χ2v) is 14.0. The van der Waals surface area contributed by atoms with Gasteiger partial charge < -0.3 is 20.1 Å². The molecule has 0 radical (unpaired) electrons. The van der Waals surface area contributed by atoms with Gasteiger partial charge in [-0.25, -0.2) is 28.3 Å². The summed E-state index contributed by atoms with van der Waals surface area (Å²) in [5, 5.41) is 6.43. The van der Waals surface area contributed by atoms with Crippen LogP contribution in [-0.2, 0) is 16.0 Å². The van der Waals surface area contributed by atoms with E-state index >= 15 is 4.39 Å². The minimum Gasteiger partial charge on any atom is -0.444 e. The molecule has 12 heteroatoms. The fourth-order valence-corrected chi connectivity index (χ4v) is 6.42. The first-order valence-corrected chi connectivity index (χ1v) is 15.1. The minimum absolute atomic E-state index is 0.00579. The fraction of sp³-hybridized carbons (Fsp3) is 0.484. The molecule has 2 atom stereocenters. The summed E-state index contributed by atoms with van der Waals surface area (Å²) in [4.78, 5) is 45.0. The van der Waals surface area contributed by atoms with Crippen LogP contribution in [0.3, 0.4) is 0 Å². The topological polar surface area (TPSA) is 110 Å². The number of nitrogens with one attached hydrogen (secondary N) is 2. The molecule has 2 aromatic heterocycles. The molecule has 2 aliphatic rings. The molecule has 1 fully saturated rings. The third-order valence-electron chi connectivity index (χ3n) is 7.16. The van der Waals surface area contributed by atoms with Crippen molar-refractivity contribution in [1.29, 1.82) is 0 Å². The molecule has 9 nitrogen and oxygen atoms in total. The van der Waals surface area contributed by atoms with Gasteiger partial charge in [-0.15, -0.1) is 11.3 Å². The number of hydrogen-bond donors (Lipinski definition) is 2. The highest BCUT2D eigenvalue weighted by molar-refractivity contribution is 7.22. The Bertz CT molecular complexity index is 1590. The summed E-state index contributed by atoms with van der Waals surface area (Å²) in [6.45, 7) is 10.00. The van der Waals surface area contributed by atoms with E-state index in [9.17, 15) is 18.8 Å². The van der Waals surface area contributed by atoms with Crippen LogP contribution in [0.1, 0.15) is 83.1 Å². The number of anilines is 1. The first-order valence-electron chi connectivity index (χ1n) is 14.3. The van der Waals surface area contributed by atoms with Crippen LogP contribution >= 0.6 is 11.3 Å². The van der Waals surface area contributed by atoms with Crippen molar-refractivity contribution in [2.24, 2.45) is 0 Å². The van der Waals surface area contributed by atoms with Gasteiger partial charge >= 0.3 is 12.2 Å². The lowest BCUT2D eigenvalue weighted by molar-refractivity contribution is 0.0247. The van der Waals surface area contributed by atoms with Crippen molar-refractivity contribution < 1.29 is 32.6 Å². The number of aromatic nitrogens is 1. The Morgan fingerprint density at radius 2 is 1.70 bits per heavy atom. The van der Waals surface area contributed by atoms with Crippen molar-refractivity contribution in [3.05, 3.63) is 47.0 Å². The molecule has 2 N–H and O–H groups in total. The highest BCUT2D eigenvalue weighted by Gasteiger charge is 2.41. The molecule has 43 heavy (non-hydrogen) atoms. The first-order chi connectivity index (χ1) is 20.1. The van der Waals surface area contributed by atoms with E-state index in [2.05, 4.69) is 15.6 Å². The third kappa shape index (κ3) is 6.58. The zero-order valence-corrected chi connectivity index (χ0v) is 25.9. The van der Waals surface area contributed by atoms with Crippen LogP contribution in [0, 0.1) is 11.6 Å². The van der Waals surface area contributed by atoms with Crippen LogP contribution in [0.5, 0.6) is 0 Å². The Balaban J connectivity index is 1.55. The van der Waals surface area contributed by atoms with E-state index in [4.69, 9.17) is 9.47 Å². The molecular formula is C31H36F2N4O5S. The molecular weight excluding hydrogens is 578 g/mol. The Kier molecular flexibility index (Phi) is 8.10. The van der Waals surface area contributed by atoms with E-state index in [1.807, 2.05) is 0 Å². The third-order valence-corrected chi connectivity index (χ3v) is 8.26. The second kappa shape index (κ2) is 11.4. The van der Waals surface area contributed by atoms with Gasteiger partial charge in [-0.2, -0.15) is 0 Å². The summed E-state index contributed by atoms with van der Waals surface area (Å²) < 4.78 is 42.3. The predicted octanol–water partition coefficient (Wildman–Crippen LogP) is 7.38. The Morgan fingerprint density at radius 1 is 1.02 bits per heavy atom. The monoisotopic (exact) mass is 614 g/mol. The summed E-state index contributed by atoms with van der Waals surface area (Å²) >= 11 is 1.21. The van der Waals surface area contributed by atoms with Crippen LogP contribution in [0.4, 0.5) is 24.2 Å². The van der Waals surface area contributed by atoms with Gasteiger partial charge in [0, 0.05) is 21.7 Å². The van der Waals surface area contributed by atoms with E-state index in [0.717, 1.165) is 17.7 Å². The van der Waals surface area contributed by atoms with Crippen molar-refractivity contribution in [2.75, 3.05) is 5.32 Å². The number of benzene rings is 1. The first kappa shape index (κ1) is 30.7. The van der Waals surface area contributed by atoms with Crippen LogP contribution in [-0.4, -0.2) is 51.3 Å². The molecule has 0 bridgehead atoms. The van der Waals surface area contributed by atoms with Gasteiger partial charge in [0.15, 0.2) is 11.6 Å². The number of alkyl carbamates (subject to hydrolysis) is 1. The zero-order valence-electron chi connectivity index (χ0n) is 25.1. The SMILES string of the molecule is CC(C)(C)OC(=O)N[C@H]1CCCC[C@H]1Nc1nc(-c2cc3c(F)cccc3s2)c2c(c1F)CN(C(=O)OC(C)(C)C)C2=O. The molecule has 3 heterocycles. The number of fused-ring (bicyclic) bond motifs is 2. The second-order valence-electron chi connectivity index (χ2n) is 12.9. The molecule has 1 aliphatic carbocycles. The molecule has 0 spiro atoms. The van der Waals surface area contributed by atoms with Crippen molar-refractivity contribution in [3.8, 4) is 10.6 Å². The van der Waals surface area contributed by atoms with Crippen molar-refractivity contribution in [1.82, 2.24) is 15.2 Å². The molecule has 230 valence electrons. The summed E-state index contributed by atoms with van der Waals surface area (Å²) in [5.41, 5.74) is -1.48. The molecule has 3 aromatic rings. The summed E-state index contributed by atoms with van der Waals surface area (Å²) in [7, 11) is 0. The molecule has 1 aromatic carbocycles. The number of amides is 3. The van der Waals surface area contributed by atoms with Crippen LogP contribution < -0.4 is 10.6 Å². The van der Waals surface area contributed by atoms with E-state index in [0.29, 0.717) is 27.8 Å². The van der Waals surface area contributed by atoms with E-state index in [1.165, 1.54) is 17.4 Å². The number of ether oxygens (including phenoxy) is 2. The van der Waals surface area contributed by atoms with Gasteiger partial charge in [0.25, 0.3) is 5.91 Å². The molecule has 3 amide bonds. The maximum absolute atomic E-state index is 16.2. The number of thiophene rings is 1. The van der Waals surface area contributed by atoms with Crippen LogP contribution in [0.25, 0.3) is 20.7 Å². The van der Waals surface area contributed by atoms with Crippen molar-refractivity contribution >= 4 is 45.3 Å². The van der Waals surface area contributed by atoms with Gasteiger partial charge in [-0.3, -0.25) is 4.79 Å². The number of imide groups is 1. The molecule has 0 unspecified atom stereocenters. The maximum Gasteiger partial charge on any atom is 0.417 e. The van der Waals surface area contributed by atoms with E-state index in [1.54, 1.807) is 59.7 Å². The molecule has 1 saturated carbocycles. The number of carbonyl (C=O) groups is 3.